The van der Waals surface area contributed by atoms with Gasteiger partial charge in [0.25, 0.3) is 0 Å². The zero-order valence-electron chi connectivity index (χ0n) is 9.78. The molecule has 0 aromatic carbocycles. The van der Waals surface area contributed by atoms with Gasteiger partial charge in [0.1, 0.15) is 6.23 Å². The smallest absolute Gasteiger partial charge is 0.120 e. The van der Waals surface area contributed by atoms with E-state index in [1.54, 1.807) is 0 Å². The van der Waals surface area contributed by atoms with Crippen LogP contribution in [-0.4, -0.2) is 29.7 Å². The van der Waals surface area contributed by atoms with Gasteiger partial charge in [-0.2, -0.15) is 12.6 Å². The number of rotatable bonds is 10. The summed E-state index contributed by atoms with van der Waals surface area (Å²) < 4.78 is 0. The molecule has 0 radical (unpaired) electrons. The number of thiol groups is 1. The Bertz CT molecular complexity index is 136. The van der Waals surface area contributed by atoms with E-state index in [2.05, 4.69) is 24.9 Å². The third-order valence-corrected chi connectivity index (χ3v) is 2.92. The number of nitrogens with two attached hydrogens (primary N) is 1. The van der Waals surface area contributed by atoms with Gasteiger partial charge in [-0.1, -0.05) is 39.0 Å². The molecule has 0 saturated carbocycles. The molecule has 0 rings (SSSR count). The average Bonchev–Trinajstić information content (AvgIpc) is 2.26. The molecule has 92 valence electrons. The highest BCUT2D eigenvalue weighted by atomic mass is 32.1. The molecule has 0 fully saturated rings. The summed E-state index contributed by atoms with van der Waals surface area (Å²) >= 11 is 4.03. The Morgan fingerprint density at radius 2 is 1.80 bits per heavy atom. The molecule has 2 atom stereocenters. The fraction of sp³-hybridized carbons (Fsp3) is 1.00. The summed E-state index contributed by atoms with van der Waals surface area (Å²) in [5, 5.41) is 12.5. The monoisotopic (exact) mass is 234 g/mol. The van der Waals surface area contributed by atoms with E-state index < -0.39 is 6.23 Å². The molecule has 0 amide bonds. The largest absolute Gasteiger partial charge is 0.377 e. The lowest BCUT2D eigenvalue weighted by Crippen LogP contribution is -2.46. The first kappa shape index (κ1) is 15.2. The summed E-state index contributed by atoms with van der Waals surface area (Å²) in [6.45, 7) is 3.06. The van der Waals surface area contributed by atoms with Gasteiger partial charge in [-0.25, -0.2) is 0 Å². The Hall–Kier alpha value is 0.230. The van der Waals surface area contributed by atoms with E-state index >= 15 is 0 Å². The van der Waals surface area contributed by atoms with Crippen LogP contribution in [-0.2, 0) is 0 Å². The third kappa shape index (κ3) is 9.18. The lowest BCUT2D eigenvalue weighted by Gasteiger charge is -2.17. The maximum atomic E-state index is 9.47. The van der Waals surface area contributed by atoms with Crippen LogP contribution in [0, 0.1) is 0 Å². The van der Waals surface area contributed by atoms with Gasteiger partial charge in [0.05, 0.1) is 6.04 Å². The minimum atomic E-state index is -0.613. The molecule has 0 bridgehead atoms. The van der Waals surface area contributed by atoms with Crippen molar-refractivity contribution in [2.24, 2.45) is 5.73 Å². The molecule has 15 heavy (non-hydrogen) atoms. The second kappa shape index (κ2) is 10.7. The molecule has 0 spiro atoms. The molecule has 0 aromatic heterocycles. The average molecular weight is 234 g/mol. The summed E-state index contributed by atoms with van der Waals surface area (Å²) in [7, 11) is 0. The normalized spacial score (nSPS) is 15.2. The lowest BCUT2D eigenvalue weighted by atomic mass is 10.1. The van der Waals surface area contributed by atoms with Gasteiger partial charge in [-0.3, -0.25) is 5.32 Å². The minimum absolute atomic E-state index is 0.270. The lowest BCUT2D eigenvalue weighted by molar-refractivity contribution is 0.116. The van der Waals surface area contributed by atoms with Crippen molar-refractivity contribution in [2.45, 2.75) is 57.7 Å². The summed E-state index contributed by atoms with van der Waals surface area (Å²) in [6.07, 6.45) is 6.97. The van der Waals surface area contributed by atoms with Crippen molar-refractivity contribution in [3.63, 3.8) is 0 Å². The molecule has 4 N–H and O–H groups in total. The van der Waals surface area contributed by atoms with Crippen LogP contribution >= 0.6 is 12.6 Å². The SMILES string of the molecule is CCCCCCCCNC(O)C(N)CS. The topological polar surface area (TPSA) is 58.3 Å². The van der Waals surface area contributed by atoms with Gasteiger partial charge in [-0.15, -0.1) is 0 Å². The first-order chi connectivity index (χ1) is 7.22. The maximum absolute atomic E-state index is 9.47. The molecule has 2 unspecified atom stereocenters. The molecule has 4 heteroatoms. The quantitative estimate of drug-likeness (QED) is 0.263. The van der Waals surface area contributed by atoms with E-state index in [0.717, 1.165) is 13.0 Å². The van der Waals surface area contributed by atoms with E-state index in [-0.39, 0.29) is 6.04 Å². The minimum Gasteiger partial charge on any atom is -0.377 e. The predicted molar refractivity (Wildman–Crippen MR) is 69.2 cm³/mol. The molecular formula is C11H26N2OS. The van der Waals surface area contributed by atoms with Crippen molar-refractivity contribution in [1.29, 1.82) is 0 Å². The molecule has 0 aromatic rings. The van der Waals surface area contributed by atoms with Crippen molar-refractivity contribution >= 4 is 12.6 Å². The zero-order chi connectivity index (χ0) is 11.5. The third-order valence-electron chi connectivity index (χ3n) is 2.50. The summed E-state index contributed by atoms with van der Waals surface area (Å²) in [4.78, 5) is 0. The Balaban J connectivity index is 3.16. The van der Waals surface area contributed by atoms with Crippen LogP contribution in [0.5, 0.6) is 0 Å². The van der Waals surface area contributed by atoms with Crippen LogP contribution in [0.1, 0.15) is 45.4 Å². The van der Waals surface area contributed by atoms with E-state index in [1.807, 2.05) is 0 Å². The first-order valence-electron chi connectivity index (χ1n) is 6.00. The van der Waals surface area contributed by atoms with Crippen molar-refractivity contribution in [2.75, 3.05) is 12.3 Å². The maximum Gasteiger partial charge on any atom is 0.120 e. The van der Waals surface area contributed by atoms with Gasteiger partial charge in [0.15, 0.2) is 0 Å². The zero-order valence-corrected chi connectivity index (χ0v) is 10.7. The Labute approximate surface area is 99.2 Å². The van der Waals surface area contributed by atoms with Crippen LogP contribution < -0.4 is 11.1 Å². The van der Waals surface area contributed by atoms with Crippen molar-refractivity contribution in [3.05, 3.63) is 0 Å². The first-order valence-corrected chi connectivity index (χ1v) is 6.63. The summed E-state index contributed by atoms with van der Waals surface area (Å²) in [5.74, 6) is 0.505. The summed E-state index contributed by atoms with van der Waals surface area (Å²) in [6, 6.07) is -0.270. The highest BCUT2D eigenvalue weighted by Crippen LogP contribution is 2.04. The van der Waals surface area contributed by atoms with Crippen LogP contribution in [0.25, 0.3) is 0 Å². The van der Waals surface area contributed by atoms with Gasteiger partial charge >= 0.3 is 0 Å². The molecule has 0 aliphatic carbocycles. The number of nitrogens with one attached hydrogen (secondary N) is 1. The second-order valence-electron chi connectivity index (χ2n) is 4.01. The Kier molecular flexibility index (Phi) is 10.9. The van der Waals surface area contributed by atoms with E-state index in [9.17, 15) is 5.11 Å². The van der Waals surface area contributed by atoms with Crippen molar-refractivity contribution in [1.82, 2.24) is 5.32 Å². The van der Waals surface area contributed by atoms with Gasteiger partial charge in [0.2, 0.25) is 0 Å². The second-order valence-corrected chi connectivity index (χ2v) is 4.38. The number of unbranched alkanes of at least 4 members (excludes halogenated alkanes) is 5. The van der Waals surface area contributed by atoms with Crippen LogP contribution in [0.3, 0.4) is 0 Å². The molecule has 0 aliphatic heterocycles. The van der Waals surface area contributed by atoms with Crippen LogP contribution in [0.4, 0.5) is 0 Å². The van der Waals surface area contributed by atoms with Crippen LogP contribution in [0.15, 0.2) is 0 Å². The standard InChI is InChI=1S/C11H26N2OS/c1-2-3-4-5-6-7-8-13-11(14)10(12)9-15/h10-11,13-15H,2-9,12H2,1H3. The van der Waals surface area contributed by atoms with Crippen LogP contribution in [0.2, 0.25) is 0 Å². The predicted octanol–water partition coefficient (Wildman–Crippen LogP) is 1.51. The van der Waals surface area contributed by atoms with E-state index in [0.29, 0.717) is 5.75 Å². The molecular weight excluding hydrogens is 208 g/mol. The van der Waals surface area contributed by atoms with Gasteiger partial charge < -0.3 is 10.8 Å². The Morgan fingerprint density at radius 3 is 2.40 bits per heavy atom. The number of aliphatic hydroxyl groups is 1. The van der Waals surface area contributed by atoms with E-state index in [1.165, 1.54) is 32.1 Å². The Morgan fingerprint density at radius 1 is 1.20 bits per heavy atom. The molecule has 3 nitrogen and oxygen atoms in total. The molecule has 0 saturated heterocycles. The fourth-order valence-electron chi connectivity index (χ4n) is 1.41. The highest BCUT2D eigenvalue weighted by molar-refractivity contribution is 7.80. The highest BCUT2D eigenvalue weighted by Gasteiger charge is 2.10. The summed E-state index contributed by atoms with van der Waals surface area (Å²) in [5.41, 5.74) is 5.61. The van der Waals surface area contributed by atoms with Gasteiger partial charge in [-0.05, 0) is 13.0 Å². The number of aliphatic hydroxyl groups excluding tert-OH is 1. The van der Waals surface area contributed by atoms with Crippen molar-refractivity contribution in [3.8, 4) is 0 Å². The van der Waals surface area contributed by atoms with Crippen molar-refractivity contribution < 1.29 is 5.11 Å². The number of hydrogen-bond acceptors (Lipinski definition) is 4. The van der Waals surface area contributed by atoms with Gasteiger partial charge in [0, 0.05) is 5.75 Å². The number of hydrogen-bond donors (Lipinski definition) is 4. The van der Waals surface area contributed by atoms with E-state index in [4.69, 9.17) is 5.73 Å². The molecule has 0 aliphatic rings. The molecule has 0 heterocycles. The fourth-order valence-corrected chi connectivity index (χ4v) is 1.61.